The van der Waals surface area contributed by atoms with E-state index in [1.807, 2.05) is 0 Å². The van der Waals surface area contributed by atoms with Crippen molar-refractivity contribution in [3.63, 3.8) is 0 Å². The van der Waals surface area contributed by atoms with Gasteiger partial charge in [0.05, 0.1) is 13.2 Å². The maximum atomic E-state index is 5.91. The highest BCUT2D eigenvalue weighted by molar-refractivity contribution is 4.75. The standard InChI is InChI=1S/C12H24N2O/c13-12-3-1-11(2-4-12)5-6-14-7-9-15-10-8-14/h11-12H,1-10,13H2. The summed E-state index contributed by atoms with van der Waals surface area (Å²) < 4.78 is 5.35. The molecule has 2 aliphatic rings. The number of hydrogen-bond donors (Lipinski definition) is 1. The molecule has 0 amide bonds. The number of hydrogen-bond acceptors (Lipinski definition) is 3. The van der Waals surface area contributed by atoms with Crippen LogP contribution >= 0.6 is 0 Å². The average Bonchev–Trinajstić information content (AvgIpc) is 2.30. The topological polar surface area (TPSA) is 38.5 Å². The number of nitrogens with two attached hydrogens (primary N) is 1. The van der Waals surface area contributed by atoms with Gasteiger partial charge in [-0.1, -0.05) is 0 Å². The molecule has 1 heterocycles. The highest BCUT2D eigenvalue weighted by atomic mass is 16.5. The maximum absolute atomic E-state index is 5.91. The molecule has 15 heavy (non-hydrogen) atoms. The molecule has 0 bridgehead atoms. The van der Waals surface area contributed by atoms with Crippen LogP contribution < -0.4 is 5.73 Å². The Balaban J connectivity index is 1.60. The van der Waals surface area contributed by atoms with E-state index in [1.54, 1.807) is 0 Å². The van der Waals surface area contributed by atoms with Crippen LogP contribution in [0.4, 0.5) is 0 Å². The molecule has 0 aromatic rings. The van der Waals surface area contributed by atoms with E-state index >= 15 is 0 Å². The molecule has 1 aliphatic carbocycles. The van der Waals surface area contributed by atoms with E-state index in [0.29, 0.717) is 6.04 Å². The van der Waals surface area contributed by atoms with Crippen LogP contribution in [0.2, 0.25) is 0 Å². The normalized spacial score (nSPS) is 34.2. The Morgan fingerprint density at radius 3 is 2.40 bits per heavy atom. The fourth-order valence-corrected chi connectivity index (χ4v) is 2.67. The Kier molecular flexibility index (Phi) is 4.42. The third-order valence-corrected chi connectivity index (χ3v) is 3.85. The van der Waals surface area contributed by atoms with Gasteiger partial charge >= 0.3 is 0 Å². The fraction of sp³-hybridized carbons (Fsp3) is 1.00. The second-order valence-electron chi connectivity index (χ2n) is 5.02. The van der Waals surface area contributed by atoms with Crippen molar-refractivity contribution in [1.82, 2.24) is 4.90 Å². The highest BCUT2D eigenvalue weighted by Crippen LogP contribution is 2.26. The summed E-state index contributed by atoms with van der Waals surface area (Å²) in [6, 6.07) is 0.490. The summed E-state index contributed by atoms with van der Waals surface area (Å²) in [6.45, 7) is 5.38. The van der Waals surface area contributed by atoms with Gasteiger partial charge in [-0.3, -0.25) is 4.90 Å². The van der Waals surface area contributed by atoms with Crippen molar-refractivity contribution in [3.8, 4) is 0 Å². The molecule has 2 rings (SSSR count). The molecule has 3 nitrogen and oxygen atoms in total. The molecule has 88 valence electrons. The smallest absolute Gasteiger partial charge is 0.0594 e. The summed E-state index contributed by atoms with van der Waals surface area (Å²) >= 11 is 0. The van der Waals surface area contributed by atoms with Gasteiger partial charge < -0.3 is 10.5 Å². The second-order valence-corrected chi connectivity index (χ2v) is 5.02. The van der Waals surface area contributed by atoms with Crippen LogP contribution in [0.15, 0.2) is 0 Å². The van der Waals surface area contributed by atoms with Gasteiger partial charge in [0.1, 0.15) is 0 Å². The molecule has 0 aromatic carbocycles. The van der Waals surface area contributed by atoms with Gasteiger partial charge in [0, 0.05) is 19.1 Å². The van der Waals surface area contributed by atoms with Gasteiger partial charge in [-0.05, 0) is 44.6 Å². The molecule has 0 unspecified atom stereocenters. The summed E-state index contributed by atoms with van der Waals surface area (Å²) in [5.74, 6) is 0.938. The maximum Gasteiger partial charge on any atom is 0.0594 e. The van der Waals surface area contributed by atoms with Crippen LogP contribution in [0.1, 0.15) is 32.1 Å². The minimum Gasteiger partial charge on any atom is -0.379 e. The van der Waals surface area contributed by atoms with Gasteiger partial charge in [0.25, 0.3) is 0 Å². The summed E-state index contributed by atoms with van der Waals surface area (Å²) in [6.07, 6.45) is 6.56. The van der Waals surface area contributed by atoms with Crippen LogP contribution in [0.25, 0.3) is 0 Å². The fourth-order valence-electron chi connectivity index (χ4n) is 2.67. The number of ether oxygens (including phenoxy) is 1. The van der Waals surface area contributed by atoms with Crippen molar-refractivity contribution in [3.05, 3.63) is 0 Å². The first-order valence-corrected chi connectivity index (χ1v) is 6.40. The molecule has 0 radical (unpaired) electrons. The molecular formula is C12H24N2O. The zero-order valence-electron chi connectivity index (χ0n) is 9.66. The highest BCUT2D eigenvalue weighted by Gasteiger charge is 2.19. The van der Waals surface area contributed by atoms with Gasteiger partial charge in [-0.25, -0.2) is 0 Å². The first-order chi connectivity index (χ1) is 7.34. The molecule has 3 heteroatoms. The van der Waals surface area contributed by atoms with Crippen LogP contribution in [-0.4, -0.2) is 43.8 Å². The van der Waals surface area contributed by atoms with Crippen molar-refractivity contribution < 1.29 is 4.74 Å². The molecule has 0 aromatic heterocycles. The van der Waals surface area contributed by atoms with Crippen molar-refractivity contribution in [2.24, 2.45) is 11.7 Å². The van der Waals surface area contributed by atoms with Crippen molar-refractivity contribution in [2.45, 2.75) is 38.1 Å². The molecule has 0 atom stereocenters. The van der Waals surface area contributed by atoms with Crippen molar-refractivity contribution >= 4 is 0 Å². The van der Waals surface area contributed by atoms with E-state index in [-0.39, 0.29) is 0 Å². The van der Waals surface area contributed by atoms with E-state index < -0.39 is 0 Å². The summed E-state index contributed by atoms with van der Waals surface area (Å²) in [5.41, 5.74) is 5.91. The monoisotopic (exact) mass is 212 g/mol. The Morgan fingerprint density at radius 1 is 1.07 bits per heavy atom. The lowest BCUT2D eigenvalue weighted by Gasteiger charge is -2.30. The molecule has 2 N–H and O–H groups in total. The summed E-state index contributed by atoms with van der Waals surface area (Å²) in [4.78, 5) is 2.54. The van der Waals surface area contributed by atoms with E-state index in [4.69, 9.17) is 10.5 Å². The number of rotatable bonds is 3. The average molecular weight is 212 g/mol. The van der Waals surface area contributed by atoms with Crippen molar-refractivity contribution in [1.29, 1.82) is 0 Å². The third kappa shape index (κ3) is 3.74. The third-order valence-electron chi connectivity index (χ3n) is 3.85. The molecule has 2 fully saturated rings. The second kappa shape index (κ2) is 5.83. The summed E-state index contributed by atoms with van der Waals surface area (Å²) in [7, 11) is 0. The first-order valence-electron chi connectivity index (χ1n) is 6.40. The molecule has 1 saturated carbocycles. The molecule has 1 aliphatic heterocycles. The SMILES string of the molecule is NC1CCC(CCN2CCOCC2)CC1. The minimum absolute atomic E-state index is 0.490. The number of nitrogens with zero attached hydrogens (tertiary/aromatic N) is 1. The predicted octanol–water partition coefficient (Wildman–Crippen LogP) is 1.23. The van der Waals surface area contributed by atoms with Crippen LogP contribution in [0, 0.1) is 5.92 Å². The van der Waals surface area contributed by atoms with Gasteiger partial charge in [0.15, 0.2) is 0 Å². The van der Waals surface area contributed by atoms with Gasteiger partial charge in [-0.2, -0.15) is 0 Å². The minimum atomic E-state index is 0.490. The number of morpholine rings is 1. The Labute approximate surface area is 93.0 Å². The lowest BCUT2D eigenvalue weighted by molar-refractivity contribution is 0.0344. The van der Waals surface area contributed by atoms with Crippen LogP contribution in [0.5, 0.6) is 0 Å². The van der Waals surface area contributed by atoms with Crippen LogP contribution in [0.3, 0.4) is 0 Å². The first kappa shape index (κ1) is 11.4. The van der Waals surface area contributed by atoms with Gasteiger partial charge in [0.2, 0.25) is 0 Å². The summed E-state index contributed by atoms with van der Waals surface area (Å²) in [5, 5.41) is 0. The zero-order valence-corrected chi connectivity index (χ0v) is 9.66. The Hall–Kier alpha value is -0.120. The van der Waals surface area contributed by atoms with E-state index in [1.165, 1.54) is 38.6 Å². The quantitative estimate of drug-likeness (QED) is 0.764. The molecular weight excluding hydrogens is 188 g/mol. The van der Waals surface area contributed by atoms with E-state index in [2.05, 4.69) is 4.90 Å². The van der Waals surface area contributed by atoms with E-state index in [9.17, 15) is 0 Å². The largest absolute Gasteiger partial charge is 0.379 e. The van der Waals surface area contributed by atoms with Crippen LogP contribution in [-0.2, 0) is 4.74 Å². The Bertz CT molecular complexity index is 172. The molecule has 1 saturated heterocycles. The zero-order chi connectivity index (χ0) is 10.5. The molecule has 0 spiro atoms. The Morgan fingerprint density at radius 2 is 1.73 bits per heavy atom. The van der Waals surface area contributed by atoms with E-state index in [0.717, 1.165) is 32.2 Å². The van der Waals surface area contributed by atoms with Gasteiger partial charge in [-0.15, -0.1) is 0 Å². The van der Waals surface area contributed by atoms with Crippen molar-refractivity contribution in [2.75, 3.05) is 32.8 Å². The predicted molar refractivity (Wildman–Crippen MR) is 61.8 cm³/mol. The lowest BCUT2D eigenvalue weighted by Crippen LogP contribution is -2.38. The lowest BCUT2D eigenvalue weighted by atomic mass is 9.84.